The van der Waals surface area contributed by atoms with Crippen LogP contribution in [0.1, 0.15) is 20.7 Å². The van der Waals surface area contributed by atoms with Crippen LogP contribution in [0.5, 0.6) is 0 Å². The maximum Gasteiger partial charge on any atom is 0.271 e. The van der Waals surface area contributed by atoms with Crippen LogP contribution in [0.15, 0.2) is 60.9 Å². The molecule has 6 nitrogen and oxygen atoms in total. The smallest absolute Gasteiger partial charge is 0.271 e. The number of carbonyl (C=O) groups excluding carboxylic acids is 2. The van der Waals surface area contributed by atoms with Gasteiger partial charge in [0.1, 0.15) is 0 Å². The maximum absolute atomic E-state index is 12.3. The van der Waals surface area contributed by atoms with E-state index in [-0.39, 0.29) is 11.8 Å². The van der Waals surface area contributed by atoms with Crippen LogP contribution in [0.2, 0.25) is 0 Å². The summed E-state index contributed by atoms with van der Waals surface area (Å²) in [7, 11) is 0. The number of para-hydroxylation sites is 2. The molecular weight excluding hydrogens is 304 g/mol. The normalized spacial score (nSPS) is 10.8. The van der Waals surface area contributed by atoms with E-state index in [1.807, 2.05) is 48.5 Å². The Labute approximate surface area is 136 Å². The number of aromatic amines is 2. The van der Waals surface area contributed by atoms with Gasteiger partial charge in [-0.05, 0) is 12.1 Å². The summed E-state index contributed by atoms with van der Waals surface area (Å²) in [4.78, 5) is 30.7. The third-order valence-electron chi connectivity index (χ3n) is 3.96. The molecule has 0 atom stereocenters. The molecule has 2 aromatic heterocycles. The van der Waals surface area contributed by atoms with E-state index in [0.717, 1.165) is 21.8 Å². The zero-order valence-electron chi connectivity index (χ0n) is 12.6. The van der Waals surface area contributed by atoms with Gasteiger partial charge < -0.3 is 9.97 Å². The van der Waals surface area contributed by atoms with Gasteiger partial charge in [0.2, 0.25) is 0 Å². The second-order valence-corrected chi connectivity index (χ2v) is 5.40. The Balaban J connectivity index is 1.52. The summed E-state index contributed by atoms with van der Waals surface area (Å²) in [6.07, 6.45) is 3.25. The number of hydrazine groups is 1. The van der Waals surface area contributed by atoms with Crippen molar-refractivity contribution in [2.75, 3.05) is 0 Å². The summed E-state index contributed by atoms with van der Waals surface area (Å²) >= 11 is 0. The molecule has 118 valence electrons. The van der Waals surface area contributed by atoms with Crippen LogP contribution in [0.4, 0.5) is 0 Å². The number of hydrogen-bond donors (Lipinski definition) is 4. The molecule has 0 bridgehead atoms. The lowest BCUT2D eigenvalue weighted by Crippen LogP contribution is -2.41. The zero-order valence-corrected chi connectivity index (χ0v) is 12.6. The fourth-order valence-electron chi connectivity index (χ4n) is 2.77. The molecule has 0 unspecified atom stereocenters. The van der Waals surface area contributed by atoms with Crippen molar-refractivity contribution in [2.45, 2.75) is 0 Å². The number of benzene rings is 2. The van der Waals surface area contributed by atoms with Gasteiger partial charge in [-0.3, -0.25) is 20.4 Å². The molecule has 6 heteroatoms. The van der Waals surface area contributed by atoms with E-state index < -0.39 is 0 Å². The Morgan fingerprint density at radius 1 is 0.667 bits per heavy atom. The van der Waals surface area contributed by atoms with Gasteiger partial charge in [0.15, 0.2) is 0 Å². The average Bonchev–Trinajstić information content (AvgIpc) is 3.23. The highest BCUT2D eigenvalue weighted by atomic mass is 16.2. The van der Waals surface area contributed by atoms with Crippen LogP contribution in [0.25, 0.3) is 21.8 Å². The summed E-state index contributed by atoms with van der Waals surface area (Å²) in [5.74, 6) is -0.749. The maximum atomic E-state index is 12.3. The number of aromatic nitrogens is 2. The fourth-order valence-corrected chi connectivity index (χ4v) is 2.77. The van der Waals surface area contributed by atoms with Crippen molar-refractivity contribution in [3.8, 4) is 0 Å². The Morgan fingerprint density at radius 2 is 1.08 bits per heavy atom. The number of hydrogen-bond acceptors (Lipinski definition) is 2. The van der Waals surface area contributed by atoms with E-state index in [9.17, 15) is 9.59 Å². The van der Waals surface area contributed by atoms with E-state index in [1.165, 1.54) is 0 Å². The summed E-state index contributed by atoms with van der Waals surface area (Å²) in [5.41, 5.74) is 7.60. The molecule has 24 heavy (non-hydrogen) atoms. The Kier molecular flexibility index (Phi) is 3.28. The van der Waals surface area contributed by atoms with Gasteiger partial charge in [0.25, 0.3) is 11.8 Å². The predicted octanol–water partition coefficient (Wildman–Crippen LogP) is 2.72. The van der Waals surface area contributed by atoms with Gasteiger partial charge in [0, 0.05) is 34.2 Å². The molecule has 2 amide bonds. The number of amides is 2. The average molecular weight is 318 g/mol. The molecule has 0 spiro atoms. The van der Waals surface area contributed by atoms with Crippen LogP contribution in [0.3, 0.4) is 0 Å². The number of carbonyl (C=O) groups is 2. The molecular formula is C18H14N4O2. The quantitative estimate of drug-likeness (QED) is 0.428. The molecule has 0 saturated heterocycles. The zero-order chi connectivity index (χ0) is 16.5. The fraction of sp³-hybridized carbons (Fsp3) is 0. The summed E-state index contributed by atoms with van der Waals surface area (Å²) in [6, 6.07) is 15.0. The third-order valence-corrected chi connectivity index (χ3v) is 3.96. The first-order chi connectivity index (χ1) is 11.7. The number of H-pyrrole nitrogens is 2. The van der Waals surface area contributed by atoms with Crippen molar-refractivity contribution in [1.29, 1.82) is 0 Å². The SMILES string of the molecule is O=C(NNC(=O)c1c[nH]c2ccccc12)c1c[nH]c2ccccc12. The largest absolute Gasteiger partial charge is 0.360 e. The van der Waals surface area contributed by atoms with Gasteiger partial charge >= 0.3 is 0 Å². The number of rotatable bonds is 2. The highest BCUT2D eigenvalue weighted by molar-refractivity contribution is 6.10. The number of nitrogens with one attached hydrogen (secondary N) is 4. The lowest BCUT2D eigenvalue weighted by molar-refractivity contribution is 0.0848. The first-order valence-electron chi connectivity index (χ1n) is 7.47. The van der Waals surface area contributed by atoms with Gasteiger partial charge in [-0.25, -0.2) is 0 Å². The topological polar surface area (TPSA) is 89.8 Å². The van der Waals surface area contributed by atoms with Crippen molar-refractivity contribution >= 4 is 33.6 Å². The summed E-state index contributed by atoms with van der Waals surface area (Å²) in [5, 5.41) is 1.60. The second kappa shape index (κ2) is 5.58. The Bertz CT molecular complexity index is 975. The molecule has 4 aromatic rings. The first-order valence-corrected chi connectivity index (χ1v) is 7.47. The standard InChI is InChI=1S/C18H14N4O2/c23-17(13-9-19-15-7-3-1-5-11(13)15)21-22-18(24)14-10-20-16-8-4-2-6-12(14)16/h1-10,19-20H,(H,21,23)(H,22,24). The highest BCUT2D eigenvalue weighted by Crippen LogP contribution is 2.18. The van der Waals surface area contributed by atoms with Crippen molar-refractivity contribution < 1.29 is 9.59 Å². The van der Waals surface area contributed by atoms with Gasteiger partial charge in [-0.15, -0.1) is 0 Å². The van der Waals surface area contributed by atoms with E-state index in [2.05, 4.69) is 20.8 Å². The lowest BCUT2D eigenvalue weighted by atomic mass is 10.1. The first kappa shape index (κ1) is 14.1. The van der Waals surface area contributed by atoms with Crippen molar-refractivity contribution in [1.82, 2.24) is 20.8 Å². The molecule has 0 saturated carbocycles. The lowest BCUT2D eigenvalue weighted by Gasteiger charge is -2.06. The summed E-state index contributed by atoms with van der Waals surface area (Å²) in [6.45, 7) is 0. The van der Waals surface area contributed by atoms with Gasteiger partial charge in [-0.2, -0.15) is 0 Å². The Hall–Kier alpha value is -3.54. The molecule has 2 aromatic carbocycles. The third kappa shape index (κ3) is 2.30. The summed E-state index contributed by atoms with van der Waals surface area (Å²) < 4.78 is 0. The van der Waals surface area contributed by atoms with Crippen molar-refractivity contribution in [2.24, 2.45) is 0 Å². The molecule has 4 N–H and O–H groups in total. The monoisotopic (exact) mass is 318 g/mol. The van der Waals surface area contributed by atoms with E-state index in [1.54, 1.807) is 12.4 Å². The Morgan fingerprint density at radius 3 is 1.54 bits per heavy atom. The minimum atomic E-state index is -0.374. The minimum absolute atomic E-state index is 0.374. The molecule has 0 aliphatic rings. The van der Waals surface area contributed by atoms with Crippen LogP contribution < -0.4 is 10.9 Å². The highest BCUT2D eigenvalue weighted by Gasteiger charge is 2.15. The van der Waals surface area contributed by atoms with E-state index in [0.29, 0.717) is 11.1 Å². The molecule has 2 heterocycles. The van der Waals surface area contributed by atoms with Crippen LogP contribution in [-0.4, -0.2) is 21.8 Å². The van der Waals surface area contributed by atoms with E-state index >= 15 is 0 Å². The van der Waals surface area contributed by atoms with Gasteiger partial charge in [0.05, 0.1) is 11.1 Å². The molecule has 0 fully saturated rings. The van der Waals surface area contributed by atoms with Crippen LogP contribution in [0, 0.1) is 0 Å². The van der Waals surface area contributed by atoms with Crippen LogP contribution >= 0.6 is 0 Å². The molecule has 4 rings (SSSR count). The van der Waals surface area contributed by atoms with E-state index in [4.69, 9.17) is 0 Å². The minimum Gasteiger partial charge on any atom is -0.360 e. The molecule has 0 radical (unpaired) electrons. The molecule has 0 aliphatic heterocycles. The molecule has 0 aliphatic carbocycles. The van der Waals surface area contributed by atoms with Crippen LogP contribution in [-0.2, 0) is 0 Å². The van der Waals surface area contributed by atoms with Crippen molar-refractivity contribution in [3.63, 3.8) is 0 Å². The second-order valence-electron chi connectivity index (χ2n) is 5.40. The predicted molar refractivity (Wildman–Crippen MR) is 91.5 cm³/mol. The van der Waals surface area contributed by atoms with Crippen molar-refractivity contribution in [3.05, 3.63) is 72.1 Å². The van der Waals surface area contributed by atoms with Gasteiger partial charge in [-0.1, -0.05) is 36.4 Å². The number of fused-ring (bicyclic) bond motifs is 2.